The number of hydrogen-bond donors (Lipinski definition) is 1. The molecule has 7 nitrogen and oxygen atoms in total. The first-order valence-electron chi connectivity index (χ1n) is 11.7. The second kappa shape index (κ2) is 10.8. The zero-order valence-electron chi connectivity index (χ0n) is 19.6. The number of rotatable bonds is 6. The molecule has 1 aromatic heterocycles. The van der Waals surface area contributed by atoms with Gasteiger partial charge in [0.25, 0.3) is 0 Å². The molecule has 0 atom stereocenters. The third kappa shape index (κ3) is 5.59. The van der Waals surface area contributed by atoms with E-state index in [9.17, 15) is 9.59 Å². The summed E-state index contributed by atoms with van der Waals surface area (Å²) in [5.74, 6) is 0.294. The lowest BCUT2D eigenvalue weighted by molar-refractivity contribution is 0.104. The van der Waals surface area contributed by atoms with Crippen molar-refractivity contribution in [2.75, 3.05) is 36.5 Å². The number of pyridine rings is 1. The second-order valence-corrected chi connectivity index (χ2v) is 8.29. The number of allylic oxidation sites excluding steroid dienone is 1. The van der Waals surface area contributed by atoms with Crippen LogP contribution in [0.15, 0.2) is 91.0 Å². The summed E-state index contributed by atoms with van der Waals surface area (Å²) >= 11 is 0. The summed E-state index contributed by atoms with van der Waals surface area (Å²) in [7, 11) is 0. The molecule has 0 bridgehead atoms. The van der Waals surface area contributed by atoms with Gasteiger partial charge < -0.3 is 14.4 Å². The van der Waals surface area contributed by atoms with E-state index in [1.807, 2.05) is 30.3 Å². The topological polar surface area (TPSA) is 80.8 Å². The predicted molar refractivity (Wildman–Crippen MR) is 141 cm³/mol. The van der Waals surface area contributed by atoms with Gasteiger partial charge >= 0.3 is 6.09 Å². The third-order valence-corrected chi connectivity index (χ3v) is 5.84. The largest absolute Gasteiger partial charge is 0.417 e. The van der Waals surface area contributed by atoms with Crippen molar-refractivity contribution in [3.63, 3.8) is 0 Å². The van der Waals surface area contributed by atoms with Gasteiger partial charge in [-0.1, -0.05) is 36.4 Å². The summed E-state index contributed by atoms with van der Waals surface area (Å²) in [4.78, 5) is 31.9. The molecule has 1 saturated heterocycles. The highest BCUT2D eigenvalue weighted by Gasteiger charge is 2.15. The van der Waals surface area contributed by atoms with E-state index in [1.54, 1.807) is 54.6 Å². The van der Waals surface area contributed by atoms with Gasteiger partial charge in [0, 0.05) is 35.4 Å². The highest BCUT2D eigenvalue weighted by atomic mass is 16.6. The van der Waals surface area contributed by atoms with Crippen molar-refractivity contribution >= 4 is 40.2 Å². The number of amides is 1. The Balaban J connectivity index is 1.28. The molecule has 5 rings (SSSR count). The van der Waals surface area contributed by atoms with E-state index in [4.69, 9.17) is 14.5 Å². The molecule has 0 radical (unpaired) electrons. The van der Waals surface area contributed by atoms with Crippen molar-refractivity contribution in [3.05, 3.63) is 102 Å². The van der Waals surface area contributed by atoms with E-state index in [2.05, 4.69) is 16.3 Å². The van der Waals surface area contributed by atoms with Crippen LogP contribution in [-0.4, -0.2) is 43.2 Å². The molecule has 1 fully saturated rings. The van der Waals surface area contributed by atoms with Crippen molar-refractivity contribution in [3.8, 4) is 5.75 Å². The lowest BCUT2D eigenvalue weighted by Gasteiger charge is -2.30. The molecule has 3 aromatic carbocycles. The smallest absolute Gasteiger partial charge is 0.410 e. The van der Waals surface area contributed by atoms with Crippen LogP contribution in [0.2, 0.25) is 0 Å². The molecule has 1 amide bonds. The van der Waals surface area contributed by atoms with E-state index in [1.165, 1.54) is 6.08 Å². The molecule has 1 aliphatic rings. The fraction of sp³-hybridized carbons (Fsp3) is 0.138. The second-order valence-electron chi connectivity index (χ2n) is 8.29. The maximum Gasteiger partial charge on any atom is 0.417 e. The van der Waals surface area contributed by atoms with Crippen LogP contribution >= 0.6 is 0 Å². The predicted octanol–water partition coefficient (Wildman–Crippen LogP) is 5.58. The molecular formula is C29H25N3O4. The van der Waals surface area contributed by atoms with E-state index in [0.29, 0.717) is 35.9 Å². The van der Waals surface area contributed by atoms with Crippen LogP contribution in [0.25, 0.3) is 17.0 Å². The van der Waals surface area contributed by atoms with Crippen molar-refractivity contribution in [2.45, 2.75) is 0 Å². The van der Waals surface area contributed by atoms with E-state index >= 15 is 0 Å². The lowest BCUT2D eigenvalue weighted by Crippen LogP contribution is -2.36. The first-order valence-corrected chi connectivity index (χ1v) is 11.7. The quantitative estimate of drug-likeness (QED) is 0.287. The highest BCUT2D eigenvalue weighted by Crippen LogP contribution is 2.28. The molecule has 0 spiro atoms. The van der Waals surface area contributed by atoms with Crippen molar-refractivity contribution in [2.24, 2.45) is 0 Å². The molecule has 1 aliphatic heterocycles. The van der Waals surface area contributed by atoms with Gasteiger partial charge in [-0.05, 0) is 60.7 Å². The molecule has 0 aliphatic carbocycles. The van der Waals surface area contributed by atoms with Gasteiger partial charge in [-0.25, -0.2) is 9.78 Å². The Labute approximate surface area is 209 Å². The number of ketones is 1. The minimum Gasteiger partial charge on any atom is -0.410 e. The van der Waals surface area contributed by atoms with Gasteiger partial charge in [-0.3, -0.25) is 10.1 Å². The standard InChI is InChI=1S/C29H25N3O4/c33-28(21-10-12-22(13-11-21)31-29(34)36-24-6-2-1-3-7-24)15-14-23-20-27(32-16-18-35-19-17-32)25-8-4-5-9-26(25)30-23/h1-15,20H,16-19H2,(H,31,34)/b15-14+. The zero-order chi connectivity index (χ0) is 24.7. The minimum atomic E-state index is -0.598. The van der Waals surface area contributed by atoms with Crippen LogP contribution in [0.5, 0.6) is 5.75 Å². The number of nitrogens with one attached hydrogen (secondary N) is 1. The Hall–Kier alpha value is -4.49. The SMILES string of the molecule is O=C(Nc1ccc(C(=O)/C=C/c2cc(N3CCOCC3)c3ccccc3n2)cc1)Oc1ccccc1. The normalized spacial score (nSPS) is 13.6. The number of fused-ring (bicyclic) bond motifs is 1. The number of para-hydroxylation sites is 2. The average molecular weight is 480 g/mol. The van der Waals surface area contributed by atoms with Crippen LogP contribution in [0.1, 0.15) is 16.1 Å². The van der Waals surface area contributed by atoms with Gasteiger partial charge in [0.05, 0.1) is 24.4 Å². The average Bonchev–Trinajstić information content (AvgIpc) is 2.92. The number of carbonyl (C=O) groups excluding carboxylic acids is 2. The summed E-state index contributed by atoms with van der Waals surface area (Å²) in [5.41, 5.74) is 3.72. The fourth-order valence-corrected chi connectivity index (χ4v) is 4.04. The van der Waals surface area contributed by atoms with Gasteiger partial charge in [0.15, 0.2) is 5.78 Å². The zero-order valence-corrected chi connectivity index (χ0v) is 19.6. The molecule has 1 N–H and O–H groups in total. The van der Waals surface area contributed by atoms with Crippen LogP contribution in [-0.2, 0) is 4.74 Å². The van der Waals surface area contributed by atoms with Crippen LogP contribution in [0, 0.1) is 0 Å². The van der Waals surface area contributed by atoms with E-state index in [-0.39, 0.29) is 5.78 Å². The molecule has 4 aromatic rings. The van der Waals surface area contributed by atoms with Gasteiger partial charge in [0.2, 0.25) is 0 Å². The number of ether oxygens (including phenoxy) is 2. The number of hydrogen-bond acceptors (Lipinski definition) is 6. The molecule has 0 unspecified atom stereocenters. The first kappa shape index (κ1) is 23.3. The molecule has 7 heteroatoms. The summed E-state index contributed by atoms with van der Waals surface area (Å²) in [6.45, 7) is 3.01. The van der Waals surface area contributed by atoms with Gasteiger partial charge in [-0.2, -0.15) is 0 Å². The molecule has 180 valence electrons. The highest BCUT2D eigenvalue weighted by molar-refractivity contribution is 6.07. The number of morpholine rings is 1. The Kier molecular flexibility index (Phi) is 7.00. The lowest BCUT2D eigenvalue weighted by atomic mass is 10.1. The van der Waals surface area contributed by atoms with Crippen LogP contribution in [0.3, 0.4) is 0 Å². The Morgan fingerprint density at radius 1 is 0.917 bits per heavy atom. The first-order chi connectivity index (χ1) is 17.7. The molecule has 36 heavy (non-hydrogen) atoms. The minimum absolute atomic E-state index is 0.156. The summed E-state index contributed by atoms with van der Waals surface area (Å²) in [6, 6.07) is 25.5. The van der Waals surface area contributed by atoms with Crippen molar-refractivity contribution in [1.82, 2.24) is 4.98 Å². The number of benzene rings is 3. The molecule has 2 heterocycles. The summed E-state index contributed by atoms with van der Waals surface area (Å²) < 4.78 is 10.7. The van der Waals surface area contributed by atoms with E-state index in [0.717, 1.165) is 29.7 Å². The van der Waals surface area contributed by atoms with E-state index < -0.39 is 6.09 Å². The Morgan fingerprint density at radius 2 is 1.64 bits per heavy atom. The van der Waals surface area contributed by atoms with Gasteiger partial charge in [0.1, 0.15) is 5.75 Å². The van der Waals surface area contributed by atoms with Gasteiger partial charge in [-0.15, -0.1) is 0 Å². The fourth-order valence-electron chi connectivity index (χ4n) is 4.04. The monoisotopic (exact) mass is 479 g/mol. The van der Waals surface area contributed by atoms with Crippen LogP contribution in [0.4, 0.5) is 16.2 Å². The maximum atomic E-state index is 12.8. The van der Waals surface area contributed by atoms with Crippen molar-refractivity contribution in [1.29, 1.82) is 0 Å². The third-order valence-electron chi connectivity index (χ3n) is 5.84. The summed E-state index contributed by atoms with van der Waals surface area (Å²) in [5, 5.41) is 3.74. The Morgan fingerprint density at radius 3 is 2.42 bits per heavy atom. The van der Waals surface area contributed by atoms with Crippen LogP contribution < -0.4 is 15.0 Å². The number of anilines is 2. The summed E-state index contributed by atoms with van der Waals surface area (Å²) in [6.07, 6.45) is 2.66. The Bertz CT molecular complexity index is 1400. The molecule has 0 saturated carbocycles. The van der Waals surface area contributed by atoms with Crippen molar-refractivity contribution < 1.29 is 19.1 Å². The number of nitrogens with zero attached hydrogens (tertiary/aromatic N) is 2. The number of aromatic nitrogens is 1. The maximum absolute atomic E-state index is 12.8. The molecular weight excluding hydrogens is 454 g/mol. The number of carbonyl (C=O) groups is 2.